The summed E-state index contributed by atoms with van der Waals surface area (Å²) in [6, 6.07) is 16.5. The first kappa shape index (κ1) is 13.5. The summed E-state index contributed by atoms with van der Waals surface area (Å²) in [5.74, 6) is 0. The average molecular weight is 281 g/mol. The second kappa shape index (κ2) is 5.13. The van der Waals surface area contributed by atoms with Crippen LogP contribution >= 0.6 is 0 Å². The number of anilines is 1. The van der Waals surface area contributed by atoms with Gasteiger partial charge in [-0.1, -0.05) is 30.3 Å². The van der Waals surface area contributed by atoms with E-state index in [9.17, 15) is 4.79 Å². The molecule has 0 amide bonds. The van der Waals surface area contributed by atoms with Crippen LogP contribution in [0.5, 0.6) is 0 Å². The first-order valence-electron chi connectivity index (χ1n) is 7.05. The van der Waals surface area contributed by atoms with Crippen molar-refractivity contribution in [3.05, 3.63) is 64.6 Å². The van der Waals surface area contributed by atoms with Gasteiger partial charge >= 0.3 is 5.69 Å². The molecule has 108 valence electrons. The quantitative estimate of drug-likeness (QED) is 0.801. The van der Waals surface area contributed by atoms with Crippen molar-refractivity contribution in [3.63, 3.8) is 0 Å². The monoisotopic (exact) mass is 281 g/mol. The van der Waals surface area contributed by atoms with Gasteiger partial charge in [-0.25, -0.2) is 4.79 Å². The van der Waals surface area contributed by atoms with Crippen LogP contribution in [-0.2, 0) is 14.1 Å². The highest BCUT2D eigenvalue weighted by Gasteiger charge is 2.09. The summed E-state index contributed by atoms with van der Waals surface area (Å²) in [7, 11) is 3.60. The number of benzene rings is 2. The fourth-order valence-corrected chi connectivity index (χ4v) is 2.67. The molecule has 3 rings (SSSR count). The summed E-state index contributed by atoms with van der Waals surface area (Å²) in [4.78, 5) is 11.9. The molecule has 1 heterocycles. The fraction of sp³-hybridized carbons (Fsp3) is 0.235. The molecule has 0 aliphatic heterocycles. The third-order valence-electron chi connectivity index (χ3n) is 3.95. The van der Waals surface area contributed by atoms with Gasteiger partial charge in [0, 0.05) is 25.8 Å². The lowest BCUT2D eigenvalue weighted by Crippen LogP contribution is -2.19. The highest BCUT2D eigenvalue weighted by atomic mass is 16.1. The Morgan fingerprint density at radius 1 is 0.952 bits per heavy atom. The zero-order valence-electron chi connectivity index (χ0n) is 12.5. The van der Waals surface area contributed by atoms with E-state index in [0.29, 0.717) is 0 Å². The minimum absolute atomic E-state index is 0.00161. The summed E-state index contributed by atoms with van der Waals surface area (Å²) in [5.41, 5.74) is 4.13. The van der Waals surface area contributed by atoms with Crippen LogP contribution in [-0.4, -0.2) is 9.13 Å². The zero-order valence-corrected chi connectivity index (χ0v) is 12.5. The van der Waals surface area contributed by atoms with Gasteiger partial charge in [0.1, 0.15) is 0 Å². The van der Waals surface area contributed by atoms with Gasteiger partial charge in [-0.2, -0.15) is 0 Å². The maximum Gasteiger partial charge on any atom is 0.328 e. The second-order valence-corrected chi connectivity index (χ2v) is 5.38. The first-order chi connectivity index (χ1) is 10.1. The molecular formula is C17H19N3O. The largest absolute Gasteiger partial charge is 0.378 e. The topological polar surface area (TPSA) is 39.0 Å². The van der Waals surface area contributed by atoms with Gasteiger partial charge in [0.25, 0.3) is 0 Å². The maximum atomic E-state index is 11.9. The lowest BCUT2D eigenvalue weighted by atomic mass is 10.1. The molecule has 1 atom stereocenters. The van der Waals surface area contributed by atoms with Gasteiger partial charge in [-0.15, -0.1) is 0 Å². The van der Waals surface area contributed by atoms with Crippen molar-refractivity contribution in [2.75, 3.05) is 5.32 Å². The Morgan fingerprint density at radius 3 is 2.33 bits per heavy atom. The van der Waals surface area contributed by atoms with Crippen molar-refractivity contribution in [1.82, 2.24) is 9.13 Å². The van der Waals surface area contributed by atoms with Gasteiger partial charge in [0.2, 0.25) is 0 Å². The molecule has 2 aromatic carbocycles. The molecule has 0 saturated heterocycles. The molecule has 0 fully saturated rings. The molecule has 21 heavy (non-hydrogen) atoms. The minimum atomic E-state index is -0.00161. The van der Waals surface area contributed by atoms with E-state index in [0.717, 1.165) is 16.7 Å². The summed E-state index contributed by atoms with van der Waals surface area (Å²) in [5, 5.41) is 3.48. The van der Waals surface area contributed by atoms with Crippen LogP contribution in [0.2, 0.25) is 0 Å². The van der Waals surface area contributed by atoms with Crippen molar-refractivity contribution in [2.24, 2.45) is 14.1 Å². The summed E-state index contributed by atoms with van der Waals surface area (Å²) < 4.78 is 3.34. The van der Waals surface area contributed by atoms with Crippen LogP contribution in [0.25, 0.3) is 11.0 Å². The van der Waals surface area contributed by atoms with E-state index in [-0.39, 0.29) is 11.7 Å². The van der Waals surface area contributed by atoms with Crippen LogP contribution in [0.3, 0.4) is 0 Å². The molecule has 0 aliphatic rings. The molecule has 1 aromatic heterocycles. The Hall–Kier alpha value is -2.49. The molecular weight excluding hydrogens is 262 g/mol. The number of nitrogens with zero attached hydrogens (tertiary/aromatic N) is 2. The number of hydrogen-bond acceptors (Lipinski definition) is 2. The van der Waals surface area contributed by atoms with E-state index in [1.807, 2.05) is 36.4 Å². The van der Waals surface area contributed by atoms with Crippen molar-refractivity contribution in [2.45, 2.75) is 13.0 Å². The normalized spacial score (nSPS) is 12.5. The van der Waals surface area contributed by atoms with Gasteiger partial charge < -0.3 is 5.32 Å². The Labute approximate surface area is 123 Å². The van der Waals surface area contributed by atoms with E-state index >= 15 is 0 Å². The molecule has 1 N–H and O–H groups in total. The predicted molar refractivity (Wildman–Crippen MR) is 86.6 cm³/mol. The fourth-order valence-electron chi connectivity index (χ4n) is 2.67. The zero-order chi connectivity index (χ0) is 15.0. The minimum Gasteiger partial charge on any atom is -0.378 e. The van der Waals surface area contributed by atoms with E-state index < -0.39 is 0 Å². The molecule has 1 unspecified atom stereocenters. The standard InChI is InChI=1S/C17H19N3O/c1-12(13-7-5-4-6-8-13)18-14-9-10-15-16(11-14)20(3)17(21)19(15)2/h4-12,18H,1-3H3. The summed E-state index contributed by atoms with van der Waals surface area (Å²) >= 11 is 0. The lowest BCUT2D eigenvalue weighted by Gasteiger charge is -2.15. The van der Waals surface area contributed by atoms with E-state index in [2.05, 4.69) is 24.4 Å². The Kier molecular flexibility index (Phi) is 3.29. The molecule has 0 bridgehead atoms. The van der Waals surface area contributed by atoms with Crippen molar-refractivity contribution < 1.29 is 0 Å². The molecule has 4 heteroatoms. The van der Waals surface area contributed by atoms with E-state index in [4.69, 9.17) is 0 Å². The number of imidazole rings is 1. The van der Waals surface area contributed by atoms with Crippen LogP contribution in [0.15, 0.2) is 53.3 Å². The predicted octanol–water partition coefficient (Wildman–Crippen LogP) is 3.05. The van der Waals surface area contributed by atoms with E-state index in [1.165, 1.54) is 5.56 Å². The van der Waals surface area contributed by atoms with Gasteiger partial charge in [0.15, 0.2) is 0 Å². The number of nitrogens with one attached hydrogen (secondary N) is 1. The Bertz CT molecular complexity index is 830. The van der Waals surface area contributed by atoms with Crippen molar-refractivity contribution in [1.29, 1.82) is 0 Å². The Morgan fingerprint density at radius 2 is 1.62 bits per heavy atom. The molecule has 0 saturated carbocycles. The number of aryl methyl sites for hydroxylation is 2. The van der Waals surface area contributed by atoms with Gasteiger partial charge in [-0.05, 0) is 30.7 Å². The number of fused-ring (bicyclic) bond motifs is 1. The average Bonchev–Trinajstić information content (AvgIpc) is 2.73. The first-order valence-corrected chi connectivity index (χ1v) is 7.05. The van der Waals surface area contributed by atoms with Crippen molar-refractivity contribution >= 4 is 16.7 Å². The summed E-state index contributed by atoms with van der Waals surface area (Å²) in [6.07, 6.45) is 0. The highest BCUT2D eigenvalue weighted by Crippen LogP contribution is 2.22. The van der Waals surface area contributed by atoms with Crippen LogP contribution in [0.1, 0.15) is 18.5 Å². The number of rotatable bonds is 3. The smallest absolute Gasteiger partial charge is 0.328 e. The maximum absolute atomic E-state index is 11.9. The molecule has 0 radical (unpaired) electrons. The second-order valence-electron chi connectivity index (χ2n) is 5.38. The number of hydrogen-bond donors (Lipinski definition) is 1. The SMILES string of the molecule is CC(Nc1ccc2c(c1)n(C)c(=O)n2C)c1ccccc1. The lowest BCUT2D eigenvalue weighted by molar-refractivity contribution is 0.795. The Balaban J connectivity index is 1.95. The third-order valence-corrected chi connectivity index (χ3v) is 3.95. The van der Waals surface area contributed by atoms with E-state index in [1.54, 1.807) is 23.2 Å². The van der Waals surface area contributed by atoms with Crippen LogP contribution < -0.4 is 11.0 Å². The van der Waals surface area contributed by atoms with Crippen LogP contribution in [0, 0.1) is 0 Å². The van der Waals surface area contributed by atoms with Gasteiger partial charge in [0.05, 0.1) is 11.0 Å². The molecule has 4 nitrogen and oxygen atoms in total. The molecule has 0 aliphatic carbocycles. The summed E-state index contributed by atoms with van der Waals surface area (Å²) in [6.45, 7) is 2.13. The third kappa shape index (κ3) is 2.33. The molecule has 3 aromatic rings. The highest BCUT2D eigenvalue weighted by molar-refractivity contribution is 5.80. The van der Waals surface area contributed by atoms with Gasteiger partial charge in [-0.3, -0.25) is 9.13 Å². The van der Waals surface area contributed by atoms with Crippen LogP contribution in [0.4, 0.5) is 5.69 Å². The number of aromatic nitrogens is 2. The van der Waals surface area contributed by atoms with Crippen molar-refractivity contribution in [3.8, 4) is 0 Å². The molecule has 0 spiro atoms.